The van der Waals surface area contributed by atoms with E-state index in [1.165, 1.54) is 12.1 Å². The summed E-state index contributed by atoms with van der Waals surface area (Å²) in [5.41, 5.74) is 0.516. The first-order valence-corrected chi connectivity index (χ1v) is 9.91. The van der Waals surface area contributed by atoms with Gasteiger partial charge in [-0.25, -0.2) is 4.31 Å². The molecule has 1 aromatic rings. The van der Waals surface area contributed by atoms with E-state index in [1.54, 1.807) is 0 Å². The maximum atomic E-state index is 11.9. The number of aryl methyl sites for hydroxylation is 1. The lowest BCUT2D eigenvalue weighted by atomic mass is 10.2. The van der Waals surface area contributed by atoms with Crippen LogP contribution in [-0.4, -0.2) is 48.4 Å². The minimum Gasteiger partial charge on any atom is -0.285 e. The maximum Gasteiger partial charge on any atom is 0.287 e. The van der Waals surface area contributed by atoms with Crippen LogP contribution < -0.4 is 0 Å². The maximum absolute atomic E-state index is 11.9. The van der Waals surface area contributed by atoms with E-state index in [1.807, 2.05) is 0 Å². The molecule has 0 radical (unpaired) electrons. The van der Waals surface area contributed by atoms with Gasteiger partial charge in [0.1, 0.15) is 6.20 Å². The molecule has 10 nitrogen and oxygen atoms in total. The quantitative estimate of drug-likeness (QED) is 0.171. The van der Waals surface area contributed by atoms with E-state index in [9.17, 15) is 28.1 Å². The van der Waals surface area contributed by atoms with Gasteiger partial charge >= 0.3 is 0 Å². The Morgan fingerprint density at radius 3 is 2.65 bits per heavy atom. The molecule has 140 valence electrons. The Bertz CT molecular complexity index is 854. The second-order valence-corrected chi connectivity index (χ2v) is 8.71. The molecule has 0 spiro atoms. The smallest absolute Gasteiger partial charge is 0.285 e. The Hall–Kier alpha value is -1.96. The second-order valence-electron chi connectivity index (χ2n) is 5.32. The summed E-state index contributed by atoms with van der Waals surface area (Å²) in [5, 5.41) is 8.77. The van der Waals surface area contributed by atoms with Gasteiger partial charge in [0.25, 0.3) is 21.7 Å². The zero-order chi connectivity index (χ0) is 19.5. The second kappa shape index (κ2) is 8.16. The third kappa shape index (κ3) is 5.03. The van der Waals surface area contributed by atoms with Crippen LogP contribution in [0.5, 0.6) is 0 Å². The number of hydrogen-bond donors (Lipinski definition) is 1. The first kappa shape index (κ1) is 20.4. The zero-order valence-corrected chi connectivity index (χ0v) is 15.6. The van der Waals surface area contributed by atoms with Crippen molar-refractivity contribution in [3.63, 3.8) is 0 Å². The molecule has 1 unspecified atom stereocenters. The van der Waals surface area contributed by atoms with Crippen LogP contribution in [0.1, 0.15) is 25.0 Å². The van der Waals surface area contributed by atoms with Crippen molar-refractivity contribution in [3.8, 4) is 0 Å². The Balaban J connectivity index is 1.84. The topological polar surface area (TPSA) is 148 Å². The van der Waals surface area contributed by atoms with E-state index in [-0.39, 0.29) is 5.69 Å². The molecule has 26 heavy (non-hydrogen) atoms. The average molecular weight is 419 g/mol. The van der Waals surface area contributed by atoms with Gasteiger partial charge in [-0.2, -0.15) is 8.42 Å². The van der Waals surface area contributed by atoms with Crippen molar-refractivity contribution in [1.29, 1.82) is 0 Å². The van der Waals surface area contributed by atoms with Crippen molar-refractivity contribution in [3.05, 3.63) is 34.1 Å². The van der Waals surface area contributed by atoms with E-state index in [2.05, 4.69) is 4.98 Å². The van der Waals surface area contributed by atoms with Crippen molar-refractivity contribution >= 4 is 56.0 Å². The van der Waals surface area contributed by atoms with Crippen LogP contribution in [0.15, 0.2) is 18.3 Å². The highest BCUT2D eigenvalue weighted by molar-refractivity contribution is 8.22. The van der Waals surface area contributed by atoms with Crippen molar-refractivity contribution in [2.24, 2.45) is 0 Å². The Labute approximate surface area is 158 Å². The molecule has 0 saturated carbocycles. The summed E-state index contributed by atoms with van der Waals surface area (Å²) in [6, 6.07) is 2.87. The summed E-state index contributed by atoms with van der Waals surface area (Å²) in [7, 11) is -4.64. The molecule has 1 fully saturated rings. The molecule has 13 heteroatoms. The van der Waals surface area contributed by atoms with Gasteiger partial charge in [-0.05, 0) is 25.3 Å². The summed E-state index contributed by atoms with van der Waals surface area (Å²) in [6.45, 7) is 0. The van der Waals surface area contributed by atoms with Crippen LogP contribution in [-0.2, 0) is 26.1 Å². The van der Waals surface area contributed by atoms with Gasteiger partial charge in [0, 0.05) is 23.7 Å². The monoisotopic (exact) mass is 419 g/mol. The fourth-order valence-electron chi connectivity index (χ4n) is 2.14. The predicted molar refractivity (Wildman–Crippen MR) is 95.8 cm³/mol. The molecule has 2 amide bonds. The fraction of sp³-hybridized carbons (Fsp3) is 0.385. The van der Waals surface area contributed by atoms with Crippen molar-refractivity contribution in [1.82, 2.24) is 9.29 Å². The van der Waals surface area contributed by atoms with Gasteiger partial charge in [0.2, 0.25) is 5.91 Å². The van der Waals surface area contributed by atoms with Crippen molar-refractivity contribution < 1.29 is 27.5 Å². The van der Waals surface area contributed by atoms with Gasteiger partial charge in [-0.15, -0.1) is 0 Å². The molecule has 1 aliphatic heterocycles. The van der Waals surface area contributed by atoms with E-state index in [4.69, 9.17) is 16.8 Å². The number of pyridine rings is 1. The highest BCUT2D eigenvalue weighted by atomic mass is 32.2. The molecule has 0 aliphatic carbocycles. The summed E-state index contributed by atoms with van der Waals surface area (Å²) in [4.78, 5) is 37.6. The number of hydrogen-bond acceptors (Lipinski definition) is 9. The molecule has 0 aromatic carbocycles. The summed E-state index contributed by atoms with van der Waals surface area (Å²) < 4.78 is 32.1. The van der Waals surface area contributed by atoms with Crippen LogP contribution >= 0.6 is 24.2 Å². The van der Waals surface area contributed by atoms with Gasteiger partial charge in [-0.1, -0.05) is 12.2 Å². The van der Waals surface area contributed by atoms with Crippen LogP contribution in [0.25, 0.3) is 0 Å². The van der Waals surface area contributed by atoms with E-state index >= 15 is 0 Å². The number of nitro groups is 1. The highest BCUT2D eigenvalue weighted by Crippen LogP contribution is 2.28. The van der Waals surface area contributed by atoms with Crippen molar-refractivity contribution in [2.75, 3.05) is 0 Å². The predicted octanol–water partition coefficient (Wildman–Crippen LogP) is 1.30. The molecule has 1 aromatic heterocycles. The molecule has 2 rings (SSSR count). The molecular formula is C13H13N3O7S3. The van der Waals surface area contributed by atoms with Crippen LogP contribution in [0.2, 0.25) is 0 Å². The van der Waals surface area contributed by atoms with Gasteiger partial charge < -0.3 is 0 Å². The number of rotatable bonds is 7. The summed E-state index contributed by atoms with van der Waals surface area (Å²) >= 11 is 5.76. The first-order valence-electron chi connectivity index (χ1n) is 7.23. The first-order chi connectivity index (χ1) is 12.1. The number of thiocarbonyl (C=S) groups is 1. The average Bonchev–Trinajstić information content (AvgIpc) is 2.83. The molecule has 0 bridgehead atoms. The van der Waals surface area contributed by atoms with Crippen LogP contribution in [0.3, 0.4) is 0 Å². The van der Waals surface area contributed by atoms with Crippen LogP contribution in [0, 0.1) is 10.1 Å². The molecule has 1 N–H and O–H groups in total. The standard InChI is InChI=1S/C13H13N3O7S3/c17-11-6-10(26(21,22)23)13(18)15(11)25-12(24)3-1-2-8-4-5-9(7-14-8)16(19)20/h4-5,7,10H,1-3,6H2,(H,21,22,23). The number of nitrogens with zero attached hydrogens (tertiary/aromatic N) is 3. The highest BCUT2D eigenvalue weighted by Gasteiger charge is 2.46. The molecule has 1 aliphatic rings. The number of amides is 2. The van der Waals surface area contributed by atoms with E-state index in [0.717, 1.165) is 6.20 Å². The van der Waals surface area contributed by atoms with E-state index in [0.29, 0.717) is 45.4 Å². The lowest BCUT2D eigenvalue weighted by Crippen LogP contribution is -2.31. The lowest BCUT2D eigenvalue weighted by Gasteiger charge is -2.13. The van der Waals surface area contributed by atoms with Gasteiger partial charge in [-0.3, -0.25) is 29.2 Å². The third-order valence-electron chi connectivity index (χ3n) is 3.45. The number of aromatic nitrogens is 1. The minimum atomic E-state index is -4.64. The van der Waals surface area contributed by atoms with Gasteiger partial charge in [0.15, 0.2) is 5.25 Å². The van der Waals surface area contributed by atoms with E-state index < -0.39 is 38.5 Å². The summed E-state index contributed by atoms with van der Waals surface area (Å²) in [5.74, 6) is -1.75. The number of carbonyl (C=O) groups excluding carboxylic acids is 2. The Kier molecular flexibility index (Phi) is 6.39. The minimum absolute atomic E-state index is 0.112. The normalized spacial score (nSPS) is 17.6. The molecule has 1 saturated heterocycles. The molecule has 2 heterocycles. The molecular weight excluding hydrogens is 406 g/mol. The number of imide groups is 1. The van der Waals surface area contributed by atoms with Crippen molar-refractivity contribution in [2.45, 2.75) is 30.9 Å². The fourth-order valence-corrected chi connectivity index (χ4v) is 4.13. The van der Waals surface area contributed by atoms with Crippen LogP contribution in [0.4, 0.5) is 5.69 Å². The Morgan fingerprint density at radius 2 is 2.15 bits per heavy atom. The number of carbonyl (C=O) groups is 2. The summed E-state index contributed by atoms with van der Waals surface area (Å²) in [6.07, 6.45) is 1.88. The lowest BCUT2D eigenvalue weighted by molar-refractivity contribution is -0.385. The zero-order valence-electron chi connectivity index (χ0n) is 13.1. The van der Waals surface area contributed by atoms with Gasteiger partial charge in [0.05, 0.1) is 15.5 Å². The molecule has 1 atom stereocenters. The largest absolute Gasteiger partial charge is 0.287 e. The SMILES string of the molecule is O=C1CC(S(=O)(=O)O)C(=O)N1SC(=S)CCCc1ccc([N+](=O)[O-])cn1. The third-order valence-corrected chi connectivity index (χ3v) is 5.94. The Morgan fingerprint density at radius 1 is 1.46 bits per heavy atom.